The average molecular weight is 271 g/mol. The molecule has 100 valence electrons. The van der Waals surface area contributed by atoms with Crippen molar-refractivity contribution in [3.8, 4) is 11.5 Å². The molecule has 0 saturated carbocycles. The summed E-state index contributed by atoms with van der Waals surface area (Å²) in [5.74, 6) is 1.48. The highest BCUT2D eigenvalue weighted by Gasteiger charge is 2.15. The van der Waals surface area contributed by atoms with Crippen LogP contribution in [0.4, 0.5) is 0 Å². The first-order chi connectivity index (χ1) is 8.74. The van der Waals surface area contributed by atoms with Crippen molar-refractivity contribution >= 4 is 11.6 Å². The van der Waals surface area contributed by atoms with E-state index in [2.05, 4.69) is 10.2 Å². The van der Waals surface area contributed by atoms with Crippen molar-refractivity contribution in [2.75, 3.05) is 40.4 Å². The largest absolute Gasteiger partial charge is 0.496 e. The molecule has 0 aromatic heterocycles. The maximum Gasteiger partial charge on any atom is 0.141 e. The van der Waals surface area contributed by atoms with E-state index in [1.807, 2.05) is 12.1 Å². The summed E-state index contributed by atoms with van der Waals surface area (Å²) in [6.07, 6.45) is 0. The van der Waals surface area contributed by atoms with E-state index in [0.29, 0.717) is 10.8 Å². The van der Waals surface area contributed by atoms with Crippen LogP contribution in [-0.2, 0) is 6.54 Å². The number of rotatable bonds is 4. The number of hydrogen-bond donors (Lipinski definition) is 1. The molecule has 18 heavy (non-hydrogen) atoms. The summed E-state index contributed by atoms with van der Waals surface area (Å²) in [5.41, 5.74) is 1.10. The Hall–Kier alpha value is -0.970. The van der Waals surface area contributed by atoms with Crippen molar-refractivity contribution in [2.24, 2.45) is 0 Å². The normalized spacial score (nSPS) is 16.6. The Balaban J connectivity index is 2.17. The van der Waals surface area contributed by atoms with E-state index in [1.165, 1.54) is 0 Å². The Labute approximate surface area is 113 Å². The Morgan fingerprint density at radius 3 is 2.44 bits per heavy atom. The van der Waals surface area contributed by atoms with Crippen LogP contribution in [0.15, 0.2) is 12.1 Å². The average Bonchev–Trinajstić information content (AvgIpc) is 2.40. The lowest BCUT2D eigenvalue weighted by Crippen LogP contribution is -2.42. The molecule has 0 spiro atoms. The molecule has 1 N–H and O–H groups in total. The van der Waals surface area contributed by atoms with Gasteiger partial charge < -0.3 is 14.8 Å². The zero-order valence-corrected chi connectivity index (χ0v) is 11.6. The van der Waals surface area contributed by atoms with E-state index < -0.39 is 0 Å². The summed E-state index contributed by atoms with van der Waals surface area (Å²) >= 11 is 6.16. The van der Waals surface area contributed by atoms with Gasteiger partial charge in [-0.25, -0.2) is 0 Å². The highest BCUT2D eigenvalue weighted by molar-refractivity contribution is 6.32. The molecular formula is C13H19ClN2O2. The number of piperazine rings is 1. The first kappa shape index (κ1) is 13.5. The first-order valence-corrected chi connectivity index (χ1v) is 6.46. The van der Waals surface area contributed by atoms with Gasteiger partial charge in [0.2, 0.25) is 0 Å². The fourth-order valence-corrected chi connectivity index (χ4v) is 2.42. The second kappa shape index (κ2) is 6.27. The number of benzene rings is 1. The smallest absolute Gasteiger partial charge is 0.141 e. The summed E-state index contributed by atoms with van der Waals surface area (Å²) in [4.78, 5) is 2.39. The minimum absolute atomic E-state index is 0.628. The monoisotopic (exact) mass is 270 g/mol. The van der Waals surface area contributed by atoms with E-state index in [1.54, 1.807) is 14.2 Å². The predicted octanol–water partition coefficient (Wildman–Crippen LogP) is 1.76. The number of ether oxygens (including phenoxy) is 2. The van der Waals surface area contributed by atoms with Gasteiger partial charge in [0.1, 0.15) is 11.5 Å². The molecule has 1 fully saturated rings. The lowest BCUT2D eigenvalue weighted by molar-refractivity contribution is 0.230. The Morgan fingerprint density at radius 1 is 1.17 bits per heavy atom. The van der Waals surface area contributed by atoms with Gasteiger partial charge in [0, 0.05) is 44.4 Å². The van der Waals surface area contributed by atoms with E-state index in [0.717, 1.165) is 44.0 Å². The van der Waals surface area contributed by atoms with Crippen LogP contribution in [0.3, 0.4) is 0 Å². The van der Waals surface area contributed by atoms with E-state index in [-0.39, 0.29) is 0 Å². The molecule has 0 bridgehead atoms. The van der Waals surface area contributed by atoms with Crippen LogP contribution in [0.25, 0.3) is 0 Å². The molecule has 1 saturated heterocycles. The number of nitrogens with one attached hydrogen (secondary N) is 1. The molecule has 5 heteroatoms. The third-order valence-electron chi connectivity index (χ3n) is 3.16. The molecule has 1 aromatic rings. The summed E-state index contributed by atoms with van der Waals surface area (Å²) in [6, 6.07) is 3.78. The number of nitrogens with zero attached hydrogens (tertiary/aromatic N) is 1. The molecule has 1 aliphatic heterocycles. The van der Waals surface area contributed by atoms with Gasteiger partial charge in [-0.2, -0.15) is 0 Å². The van der Waals surface area contributed by atoms with Crippen LogP contribution >= 0.6 is 11.6 Å². The molecule has 0 radical (unpaired) electrons. The minimum Gasteiger partial charge on any atom is -0.496 e. The van der Waals surface area contributed by atoms with Gasteiger partial charge >= 0.3 is 0 Å². The predicted molar refractivity (Wildman–Crippen MR) is 72.7 cm³/mol. The standard InChI is InChI=1S/C13H19ClN2O2/c1-17-12-8-13(18-2)11(14)7-10(12)9-16-5-3-15-4-6-16/h7-8,15H,3-6,9H2,1-2H3. The topological polar surface area (TPSA) is 33.7 Å². The second-order valence-corrected chi connectivity index (χ2v) is 4.73. The summed E-state index contributed by atoms with van der Waals surface area (Å²) in [6.45, 7) is 5.02. The van der Waals surface area contributed by atoms with Crippen molar-refractivity contribution in [2.45, 2.75) is 6.54 Å². The van der Waals surface area contributed by atoms with Gasteiger partial charge in [-0.1, -0.05) is 11.6 Å². The van der Waals surface area contributed by atoms with Crippen LogP contribution in [0.2, 0.25) is 5.02 Å². The highest BCUT2D eigenvalue weighted by Crippen LogP contribution is 2.33. The fourth-order valence-electron chi connectivity index (χ4n) is 2.16. The third-order valence-corrected chi connectivity index (χ3v) is 3.45. The fraction of sp³-hybridized carbons (Fsp3) is 0.538. The third kappa shape index (κ3) is 3.07. The molecule has 1 aliphatic rings. The van der Waals surface area contributed by atoms with E-state index >= 15 is 0 Å². The van der Waals surface area contributed by atoms with E-state index in [9.17, 15) is 0 Å². The van der Waals surface area contributed by atoms with Gasteiger partial charge in [0.25, 0.3) is 0 Å². The Bertz CT molecular complexity index is 406. The summed E-state index contributed by atoms with van der Waals surface area (Å²) < 4.78 is 10.6. The van der Waals surface area contributed by atoms with E-state index in [4.69, 9.17) is 21.1 Å². The van der Waals surface area contributed by atoms with Gasteiger partial charge in [0.15, 0.2) is 0 Å². The molecule has 1 aromatic carbocycles. The first-order valence-electron chi connectivity index (χ1n) is 6.08. The molecule has 0 atom stereocenters. The zero-order chi connectivity index (χ0) is 13.0. The molecule has 0 aliphatic carbocycles. The van der Waals surface area contributed by atoms with Crippen LogP contribution in [0.5, 0.6) is 11.5 Å². The van der Waals surface area contributed by atoms with Gasteiger partial charge in [-0.15, -0.1) is 0 Å². The number of halogens is 1. The van der Waals surface area contributed by atoms with Gasteiger partial charge in [0.05, 0.1) is 19.2 Å². The van der Waals surface area contributed by atoms with Crippen LogP contribution in [-0.4, -0.2) is 45.3 Å². The SMILES string of the molecule is COc1cc(OC)c(CN2CCNCC2)cc1Cl. The minimum atomic E-state index is 0.628. The Morgan fingerprint density at radius 2 is 1.83 bits per heavy atom. The van der Waals surface area contributed by atoms with Gasteiger partial charge in [-0.3, -0.25) is 4.90 Å². The summed E-state index contributed by atoms with van der Waals surface area (Å²) in [5, 5.41) is 3.97. The van der Waals surface area contributed by atoms with Gasteiger partial charge in [-0.05, 0) is 6.07 Å². The Kier molecular flexibility index (Phi) is 4.69. The molecular weight excluding hydrogens is 252 g/mol. The van der Waals surface area contributed by atoms with Crippen molar-refractivity contribution in [1.29, 1.82) is 0 Å². The van der Waals surface area contributed by atoms with Crippen molar-refractivity contribution in [3.63, 3.8) is 0 Å². The van der Waals surface area contributed by atoms with Crippen molar-refractivity contribution < 1.29 is 9.47 Å². The second-order valence-electron chi connectivity index (χ2n) is 4.32. The van der Waals surface area contributed by atoms with Crippen LogP contribution in [0, 0.1) is 0 Å². The molecule has 0 unspecified atom stereocenters. The van der Waals surface area contributed by atoms with Crippen molar-refractivity contribution in [1.82, 2.24) is 10.2 Å². The van der Waals surface area contributed by atoms with Crippen molar-refractivity contribution in [3.05, 3.63) is 22.7 Å². The van der Waals surface area contributed by atoms with Crippen LogP contribution < -0.4 is 14.8 Å². The maximum absolute atomic E-state index is 6.16. The lowest BCUT2D eigenvalue weighted by Gasteiger charge is -2.27. The quantitative estimate of drug-likeness (QED) is 0.904. The molecule has 4 nitrogen and oxygen atoms in total. The lowest BCUT2D eigenvalue weighted by atomic mass is 10.1. The highest BCUT2D eigenvalue weighted by atomic mass is 35.5. The molecule has 0 amide bonds. The summed E-state index contributed by atoms with van der Waals surface area (Å²) in [7, 11) is 3.28. The molecule has 2 rings (SSSR count). The maximum atomic E-state index is 6.16. The number of hydrogen-bond acceptors (Lipinski definition) is 4. The zero-order valence-electron chi connectivity index (χ0n) is 10.8. The molecule has 1 heterocycles. The van der Waals surface area contributed by atoms with Crippen LogP contribution in [0.1, 0.15) is 5.56 Å². The number of methoxy groups -OCH3 is 2.